The summed E-state index contributed by atoms with van der Waals surface area (Å²) in [4.78, 5) is 12.9. The van der Waals surface area contributed by atoms with Gasteiger partial charge in [-0.3, -0.25) is 4.79 Å². The molecule has 5 rings (SSSR count). The van der Waals surface area contributed by atoms with Crippen molar-refractivity contribution in [3.63, 3.8) is 0 Å². The van der Waals surface area contributed by atoms with Gasteiger partial charge >= 0.3 is 0 Å². The third-order valence-electron chi connectivity index (χ3n) is 6.62. The first-order valence-corrected chi connectivity index (χ1v) is 8.51. The molecule has 5 saturated carbocycles. The number of amides is 1. The minimum absolute atomic E-state index is 0.133. The van der Waals surface area contributed by atoms with Crippen LogP contribution in [0, 0.1) is 17.3 Å². The second-order valence-electron chi connectivity index (χ2n) is 8.49. The van der Waals surface area contributed by atoms with Gasteiger partial charge in [0, 0.05) is 12.6 Å². The Labute approximate surface area is 126 Å². The Morgan fingerprint density at radius 1 is 1.24 bits per heavy atom. The number of methoxy groups -OCH3 is 1. The molecule has 0 aromatic carbocycles. The predicted octanol–water partition coefficient (Wildman–Crippen LogP) is 2.00. The molecule has 0 aromatic heterocycles. The Morgan fingerprint density at radius 3 is 2.38 bits per heavy atom. The van der Waals surface area contributed by atoms with Crippen molar-refractivity contribution in [1.29, 1.82) is 0 Å². The van der Waals surface area contributed by atoms with E-state index in [0.29, 0.717) is 18.4 Å². The minimum Gasteiger partial charge on any atom is -0.390 e. The number of carbonyl (C=O) groups excluding carboxylic acids is 1. The monoisotopic (exact) mass is 293 g/mol. The number of ether oxygens (including phenoxy) is 1. The predicted molar refractivity (Wildman–Crippen MR) is 78.7 cm³/mol. The molecule has 5 aliphatic rings. The third kappa shape index (κ3) is 2.14. The number of aliphatic hydroxyl groups is 1. The largest absolute Gasteiger partial charge is 0.390 e. The van der Waals surface area contributed by atoms with Crippen LogP contribution in [0.4, 0.5) is 0 Å². The average Bonchev–Trinajstić information content (AvgIpc) is 2.29. The highest BCUT2D eigenvalue weighted by Crippen LogP contribution is 2.58. The molecule has 0 aliphatic heterocycles. The zero-order valence-corrected chi connectivity index (χ0v) is 13.0. The van der Waals surface area contributed by atoms with Crippen LogP contribution < -0.4 is 5.32 Å². The van der Waals surface area contributed by atoms with Gasteiger partial charge in [-0.25, -0.2) is 0 Å². The standard InChI is InChI=1S/C17H27NO3/c1-21-11-15(3-2-4-15)14(19)18-16-6-12-5-13(7-16)9-17(20,8-12)10-16/h12-13,20H,2-11H2,1H3,(H,18,19). The van der Waals surface area contributed by atoms with Gasteiger partial charge in [-0.05, 0) is 63.2 Å². The van der Waals surface area contributed by atoms with E-state index in [1.807, 2.05) is 0 Å². The Morgan fingerprint density at radius 2 is 1.90 bits per heavy atom. The summed E-state index contributed by atoms with van der Waals surface area (Å²) in [6, 6.07) is 0. The van der Waals surface area contributed by atoms with Gasteiger partial charge in [-0.1, -0.05) is 6.42 Å². The maximum absolute atomic E-state index is 12.9. The van der Waals surface area contributed by atoms with Crippen molar-refractivity contribution in [2.45, 2.75) is 68.9 Å². The molecule has 4 bridgehead atoms. The molecule has 2 atom stereocenters. The van der Waals surface area contributed by atoms with Crippen molar-refractivity contribution in [3.8, 4) is 0 Å². The summed E-state index contributed by atoms with van der Waals surface area (Å²) in [6.45, 7) is 0.534. The lowest BCUT2D eigenvalue weighted by molar-refractivity contribution is -0.161. The summed E-state index contributed by atoms with van der Waals surface area (Å²) in [7, 11) is 1.68. The van der Waals surface area contributed by atoms with Gasteiger partial charge in [0.1, 0.15) is 0 Å². The lowest BCUT2D eigenvalue weighted by atomic mass is 9.51. The van der Waals surface area contributed by atoms with Gasteiger partial charge in [0.2, 0.25) is 5.91 Å². The number of carbonyl (C=O) groups is 1. The molecular formula is C17H27NO3. The molecule has 0 spiro atoms. The van der Waals surface area contributed by atoms with Crippen LogP contribution in [0.15, 0.2) is 0 Å². The summed E-state index contributed by atoms with van der Waals surface area (Å²) in [6.07, 6.45) is 9.07. The summed E-state index contributed by atoms with van der Waals surface area (Å²) < 4.78 is 5.30. The number of hydrogen-bond donors (Lipinski definition) is 2. The fraction of sp³-hybridized carbons (Fsp3) is 0.941. The van der Waals surface area contributed by atoms with Crippen LogP contribution in [0.2, 0.25) is 0 Å². The molecule has 4 heteroatoms. The van der Waals surface area contributed by atoms with E-state index in [1.165, 1.54) is 6.42 Å². The Kier molecular flexibility index (Phi) is 2.97. The zero-order chi connectivity index (χ0) is 14.7. The molecule has 0 aromatic rings. The number of hydrogen-bond acceptors (Lipinski definition) is 3. The van der Waals surface area contributed by atoms with Gasteiger partial charge < -0.3 is 15.2 Å². The first-order chi connectivity index (χ1) is 9.97. The van der Waals surface area contributed by atoms with Crippen LogP contribution in [-0.4, -0.2) is 35.9 Å². The molecule has 2 N–H and O–H groups in total. The SMILES string of the molecule is COCC1(C(=O)NC23CC4CC(CC(O)(C4)C2)C3)CCC1. The molecule has 118 valence electrons. The van der Waals surface area contributed by atoms with Crippen LogP contribution in [-0.2, 0) is 9.53 Å². The van der Waals surface area contributed by atoms with Gasteiger partial charge in [0.15, 0.2) is 0 Å². The molecule has 5 aliphatic carbocycles. The van der Waals surface area contributed by atoms with E-state index < -0.39 is 5.60 Å². The summed E-state index contributed by atoms with van der Waals surface area (Å²) in [5, 5.41) is 14.2. The van der Waals surface area contributed by atoms with Crippen molar-refractivity contribution in [1.82, 2.24) is 5.32 Å². The van der Waals surface area contributed by atoms with E-state index in [4.69, 9.17) is 4.74 Å². The highest BCUT2D eigenvalue weighted by atomic mass is 16.5. The van der Waals surface area contributed by atoms with Crippen LogP contribution in [0.5, 0.6) is 0 Å². The van der Waals surface area contributed by atoms with Crippen molar-refractivity contribution in [3.05, 3.63) is 0 Å². The molecule has 0 heterocycles. The summed E-state index contributed by atoms with van der Waals surface area (Å²) in [5.41, 5.74) is -0.932. The highest BCUT2D eigenvalue weighted by molar-refractivity contribution is 5.84. The summed E-state index contributed by atoms with van der Waals surface area (Å²) in [5.74, 6) is 1.40. The molecule has 2 unspecified atom stereocenters. The molecule has 1 amide bonds. The van der Waals surface area contributed by atoms with Crippen LogP contribution in [0.25, 0.3) is 0 Å². The molecule has 21 heavy (non-hydrogen) atoms. The van der Waals surface area contributed by atoms with Gasteiger partial charge in [0.25, 0.3) is 0 Å². The van der Waals surface area contributed by atoms with E-state index in [0.717, 1.165) is 51.4 Å². The molecule has 0 radical (unpaired) electrons. The zero-order valence-electron chi connectivity index (χ0n) is 13.0. The van der Waals surface area contributed by atoms with Crippen molar-refractivity contribution in [2.75, 3.05) is 13.7 Å². The summed E-state index contributed by atoms with van der Waals surface area (Å²) >= 11 is 0. The maximum Gasteiger partial charge on any atom is 0.228 e. The molecule has 4 nitrogen and oxygen atoms in total. The van der Waals surface area contributed by atoms with Crippen molar-refractivity contribution >= 4 is 5.91 Å². The Hall–Kier alpha value is -0.610. The number of rotatable bonds is 4. The topological polar surface area (TPSA) is 58.6 Å². The normalized spacial score (nSPS) is 46.2. The smallest absolute Gasteiger partial charge is 0.228 e. The number of nitrogens with one attached hydrogen (secondary N) is 1. The third-order valence-corrected chi connectivity index (χ3v) is 6.62. The van der Waals surface area contributed by atoms with E-state index in [1.54, 1.807) is 7.11 Å². The second-order valence-corrected chi connectivity index (χ2v) is 8.49. The quantitative estimate of drug-likeness (QED) is 0.833. The molecule has 0 saturated heterocycles. The molecule has 5 fully saturated rings. The van der Waals surface area contributed by atoms with Crippen LogP contribution >= 0.6 is 0 Å². The van der Waals surface area contributed by atoms with Crippen molar-refractivity contribution < 1.29 is 14.6 Å². The molecular weight excluding hydrogens is 266 g/mol. The first kappa shape index (κ1) is 14.0. The second kappa shape index (κ2) is 4.45. The first-order valence-electron chi connectivity index (χ1n) is 8.51. The fourth-order valence-corrected chi connectivity index (χ4v) is 6.05. The average molecular weight is 293 g/mol. The lowest BCUT2D eigenvalue weighted by Crippen LogP contribution is -2.67. The van der Waals surface area contributed by atoms with E-state index in [-0.39, 0.29) is 16.9 Å². The van der Waals surface area contributed by atoms with E-state index in [2.05, 4.69) is 5.32 Å². The van der Waals surface area contributed by atoms with Crippen LogP contribution in [0.3, 0.4) is 0 Å². The Bertz CT molecular complexity index is 443. The highest BCUT2D eigenvalue weighted by Gasteiger charge is 2.59. The van der Waals surface area contributed by atoms with Crippen molar-refractivity contribution in [2.24, 2.45) is 17.3 Å². The van der Waals surface area contributed by atoms with Crippen LogP contribution in [0.1, 0.15) is 57.8 Å². The van der Waals surface area contributed by atoms with Gasteiger partial charge in [-0.2, -0.15) is 0 Å². The fourth-order valence-electron chi connectivity index (χ4n) is 6.05. The van der Waals surface area contributed by atoms with E-state index in [9.17, 15) is 9.90 Å². The maximum atomic E-state index is 12.9. The van der Waals surface area contributed by atoms with Gasteiger partial charge in [-0.15, -0.1) is 0 Å². The minimum atomic E-state index is -0.509. The lowest BCUT2D eigenvalue weighted by Gasteiger charge is -2.61. The van der Waals surface area contributed by atoms with E-state index >= 15 is 0 Å². The van der Waals surface area contributed by atoms with Gasteiger partial charge in [0.05, 0.1) is 17.6 Å². The Balaban J connectivity index is 1.53.